The molecule has 1 aromatic carbocycles. The second kappa shape index (κ2) is 5.80. The number of ether oxygens (including phenoxy) is 1. The van der Waals surface area contributed by atoms with Gasteiger partial charge in [-0.05, 0) is 41.2 Å². The Labute approximate surface area is 109 Å². The molecule has 0 aliphatic heterocycles. The van der Waals surface area contributed by atoms with Gasteiger partial charge in [0.15, 0.2) is 0 Å². The lowest BCUT2D eigenvalue weighted by atomic mass is 10.3. The van der Waals surface area contributed by atoms with Gasteiger partial charge in [-0.15, -0.1) is 0 Å². The smallest absolute Gasteiger partial charge is 0.219 e. The number of pyridine rings is 1. The molecule has 3 nitrogen and oxygen atoms in total. The third kappa shape index (κ3) is 3.28. The molecular weight excluding hydrogens is 280 g/mol. The van der Waals surface area contributed by atoms with Crippen LogP contribution in [0.15, 0.2) is 46.9 Å². The third-order valence-electron chi connectivity index (χ3n) is 2.19. The minimum atomic E-state index is 0.602. The average Bonchev–Trinajstić information content (AvgIpc) is 2.33. The second-order valence-corrected chi connectivity index (χ2v) is 4.38. The maximum atomic E-state index is 5.71. The van der Waals surface area contributed by atoms with E-state index in [9.17, 15) is 0 Å². The molecule has 0 spiro atoms. The van der Waals surface area contributed by atoms with Crippen molar-refractivity contribution < 1.29 is 4.74 Å². The Kier molecular flexibility index (Phi) is 4.12. The van der Waals surface area contributed by atoms with E-state index in [2.05, 4.69) is 26.2 Å². The highest BCUT2D eigenvalue weighted by atomic mass is 79.9. The molecule has 0 radical (unpaired) electrons. The molecule has 0 saturated carbocycles. The zero-order valence-electron chi connectivity index (χ0n) is 9.48. The van der Waals surface area contributed by atoms with Gasteiger partial charge in [0.2, 0.25) is 5.88 Å². The fraction of sp³-hybridized carbons (Fsp3) is 0.154. The Morgan fingerprint density at radius 3 is 2.76 bits per heavy atom. The van der Waals surface area contributed by atoms with E-state index in [1.165, 1.54) is 0 Å². The number of rotatable bonds is 4. The van der Waals surface area contributed by atoms with Crippen molar-refractivity contribution in [3.8, 4) is 11.6 Å². The summed E-state index contributed by atoms with van der Waals surface area (Å²) in [7, 11) is 1.89. The number of para-hydroxylation sites is 1. The first-order valence-corrected chi connectivity index (χ1v) is 6.12. The maximum Gasteiger partial charge on any atom is 0.219 e. The lowest BCUT2D eigenvalue weighted by Gasteiger charge is -2.07. The largest absolute Gasteiger partial charge is 0.438 e. The topological polar surface area (TPSA) is 34.1 Å². The van der Waals surface area contributed by atoms with Gasteiger partial charge < -0.3 is 10.1 Å². The van der Waals surface area contributed by atoms with Gasteiger partial charge in [0, 0.05) is 12.6 Å². The van der Waals surface area contributed by atoms with Gasteiger partial charge in [0.1, 0.15) is 5.75 Å². The molecule has 0 bridgehead atoms. The number of halogens is 1. The Bertz CT molecular complexity index is 502. The summed E-state index contributed by atoms with van der Waals surface area (Å²) in [5.41, 5.74) is 0.956. The number of hydrogen-bond donors (Lipinski definition) is 1. The van der Waals surface area contributed by atoms with Crippen LogP contribution < -0.4 is 10.1 Å². The SMILES string of the molecule is CNCc1cccc(Oc2ccccc2Br)n1. The Morgan fingerprint density at radius 1 is 1.18 bits per heavy atom. The highest BCUT2D eigenvalue weighted by Gasteiger charge is 2.03. The van der Waals surface area contributed by atoms with E-state index in [0.29, 0.717) is 5.88 Å². The Morgan fingerprint density at radius 2 is 2.00 bits per heavy atom. The van der Waals surface area contributed by atoms with Crippen molar-refractivity contribution >= 4 is 15.9 Å². The predicted molar refractivity (Wildman–Crippen MR) is 71.2 cm³/mol. The van der Waals surface area contributed by atoms with E-state index < -0.39 is 0 Å². The summed E-state index contributed by atoms with van der Waals surface area (Å²) in [4.78, 5) is 4.39. The molecule has 0 saturated heterocycles. The molecule has 0 amide bonds. The molecule has 88 valence electrons. The zero-order valence-corrected chi connectivity index (χ0v) is 11.1. The van der Waals surface area contributed by atoms with Crippen molar-refractivity contribution in [2.45, 2.75) is 6.54 Å². The van der Waals surface area contributed by atoms with Crippen molar-refractivity contribution in [1.82, 2.24) is 10.3 Å². The van der Waals surface area contributed by atoms with Gasteiger partial charge in [0.25, 0.3) is 0 Å². The van der Waals surface area contributed by atoms with E-state index in [1.54, 1.807) is 0 Å². The standard InChI is InChI=1S/C13H13BrN2O/c1-15-9-10-5-4-8-13(16-10)17-12-7-3-2-6-11(12)14/h2-8,15H,9H2,1H3. The average molecular weight is 293 g/mol. The van der Waals surface area contributed by atoms with Gasteiger partial charge in [-0.25, -0.2) is 4.98 Å². The molecule has 1 N–H and O–H groups in total. The second-order valence-electron chi connectivity index (χ2n) is 3.53. The molecule has 2 rings (SSSR count). The molecule has 17 heavy (non-hydrogen) atoms. The van der Waals surface area contributed by atoms with Crippen LogP contribution in [0.5, 0.6) is 11.6 Å². The minimum absolute atomic E-state index is 0.602. The molecule has 0 aliphatic rings. The summed E-state index contributed by atoms with van der Waals surface area (Å²) in [5.74, 6) is 1.37. The number of aromatic nitrogens is 1. The van der Waals surface area contributed by atoms with Crippen LogP contribution in [-0.4, -0.2) is 12.0 Å². The molecule has 0 atom stereocenters. The van der Waals surface area contributed by atoms with Crippen LogP contribution in [0.3, 0.4) is 0 Å². The van der Waals surface area contributed by atoms with Crippen molar-refractivity contribution in [1.29, 1.82) is 0 Å². The lowest BCUT2D eigenvalue weighted by molar-refractivity contribution is 0.457. The lowest BCUT2D eigenvalue weighted by Crippen LogP contribution is -2.06. The van der Waals surface area contributed by atoms with Crippen LogP contribution in [0.1, 0.15) is 5.69 Å². The maximum absolute atomic E-state index is 5.71. The van der Waals surface area contributed by atoms with Crippen LogP contribution >= 0.6 is 15.9 Å². The highest BCUT2D eigenvalue weighted by Crippen LogP contribution is 2.28. The minimum Gasteiger partial charge on any atom is -0.438 e. The third-order valence-corrected chi connectivity index (χ3v) is 2.85. The van der Waals surface area contributed by atoms with Gasteiger partial charge in [-0.3, -0.25) is 0 Å². The van der Waals surface area contributed by atoms with Crippen molar-refractivity contribution in [2.24, 2.45) is 0 Å². The summed E-state index contributed by atoms with van der Waals surface area (Å²) in [6, 6.07) is 13.5. The van der Waals surface area contributed by atoms with Crippen LogP contribution in [0.4, 0.5) is 0 Å². The van der Waals surface area contributed by atoms with E-state index in [4.69, 9.17) is 4.74 Å². The summed E-state index contributed by atoms with van der Waals surface area (Å²) >= 11 is 3.44. The molecule has 1 heterocycles. The first-order valence-electron chi connectivity index (χ1n) is 5.32. The molecule has 0 unspecified atom stereocenters. The number of nitrogens with one attached hydrogen (secondary N) is 1. The van der Waals surface area contributed by atoms with Crippen LogP contribution in [0, 0.1) is 0 Å². The molecule has 0 aliphatic carbocycles. The molecule has 4 heteroatoms. The first-order chi connectivity index (χ1) is 8.29. The summed E-state index contributed by atoms with van der Waals surface area (Å²) in [6.07, 6.45) is 0. The zero-order chi connectivity index (χ0) is 12.1. The first kappa shape index (κ1) is 12.1. The summed E-state index contributed by atoms with van der Waals surface area (Å²) in [6.45, 7) is 0.729. The predicted octanol–water partition coefficient (Wildman–Crippen LogP) is 3.36. The van der Waals surface area contributed by atoms with Crippen molar-refractivity contribution in [3.63, 3.8) is 0 Å². The van der Waals surface area contributed by atoms with Gasteiger partial charge in [0.05, 0.1) is 10.2 Å². The van der Waals surface area contributed by atoms with E-state index in [0.717, 1.165) is 22.5 Å². The molecule has 0 fully saturated rings. The molecule has 1 aromatic heterocycles. The van der Waals surface area contributed by atoms with E-state index in [1.807, 2.05) is 49.5 Å². The van der Waals surface area contributed by atoms with Crippen LogP contribution in [0.25, 0.3) is 0 Å². The Hall–Kier alpha value is -1.39. The highest BCUT2D eigenvalue weighted by molar-refractivity contribution is 9.10. The van der Waals surface area contributed by atoms with Crippen LogP contribution in [-0.2, 0) is 6.54 Å². The fourth-order valence-corrected chi connectivity index (χ4v) is 1.80. The van der Waals surface area contributed by atoms with Crippen molar-refractivity contribution in [3.05, 3.63) is 52.6 Å². The monoisotopic (exact) mass is 292 g/mol. The van der Waals surface area contributed by atoms with E-state index >= 15 is 0 Å². The number of nitrogens with zero attached hydrogens (tertiary/aromatic N) is 1. The van der Waals surface area contributed by atoms with Crippen molar-refractivity contribution in [2.75, 3.05) is 7.05 Å². The van der Waals surface area contributed by atoms with E-state index in [-0.39, 0.29) is 0 Å². The molecular formula is C13H13BrN2O. The molecule has 2 aromatic rings. The number of hydrogen-bond acceptors (Lipinski definition) is 3. The summed E-state index contributed by atoms with van der Waals surface area (Å²) in [5, 5.41) is 3.06. The van der Waals surface area contributed by atoms with Gasteiger partial charge in [-0.1, -0.05) is 18.2 Å². The van der Waals surface area contributed by atoms with Gasteiger partial charge in [-0.2, -0.15) is 0 Å². The van der Waals surface area contributed by atoms with Crippen LogP contribution in [0.2, 0.25) is 0 Å². The summed E-state index contributed by atoms with van der Waals surface area (Å²) < 4.78 is 6.63. The Balaban J connectivity index is 2.18. The fourth-order valence-electron chi connectivity index (χ4n) is 1.43. The number of benzene rings is 1. The normalized spacial score (nSPS) is 10.2. The van der Waals surface area contributed by atoms with Gasteiger partial charge >= 0.3 is 0 Å². The quantitative estimate of drug-likeness (QED) is 0.938.